The van der Waals surface area contributed by atoms with Crippen LogP contribution in [0.15, 0.2) is 18.2 Å². The molecule has 2 N–H and O–H groups in total. The second-order valence-corrected chi connectivity index (χ2v) is 6.39. The quantitative estimate of drug-likeness (QED) is 0.910. The molecule has 21 heavy (non-hydrogen) atoms. The molecule has 0 fully saturated rings. The summed E-state index contributed by atoms with van der Waals surface area (Å²) in [6.45, 7) is 5.09. The van der Waals surface area contributed by atoms with Gasteiger partial charge in [-0.1, -0.05) is 13.0 Å². The van der Waals surface area contributed by atoms with Gasteiger partial charge in [0.05, 0.1) is 5.69 Å². The van der Waals surface area contributed by atoms with Gasteiger partial charge in [0.2, 0.25) is 0 Å². The van der Waals surface area contributed by atoms with Gasteiger partial charge < -0.3 is 5.32 Å². The topological polar surface area (TPSA) is 54.0 Å². The SMILES string of the molecule is CCc1nc(NC(=O)c2cccc3c2CCCN3)sc1C. The molecule has 3 rings (SSSR count). The van der Waals surface area contributed by atoms with Crippen molar-refractivity contribution in [1.29, 1.82) is 0 Å². The van der Waals surface area contributed by atoms with Crippen LogP contribution in [0.3, 0.4) is 0 Å². The predicted molar refractivity (Wildman–Crippen MR) is 87.4 cm³/mol. The maximum atomic E-state index is 12.5. The van der Waals surface area contributed by atoms with E-state index in [-0.39, 0.29) is 5.91 Å². The summed E-state index contributed by atoms with van der Waals surface area (Å²) in [5.74, 6) is -0.0630. The molecule has 1 aliphatic heterocycles. The number of carbonyl (C=O) groups excluding carboxylic acids is 1. The molecule has 1 amide bonds. The minimum absolute atomic E-state index is 0.0630. The summed E-state index contributed by atoms with van der Waals surface area (Å²) in [4.78, 5) is 18.2. The molecule has 1 aromatic heterocycles. The van der Waals surface area contributed by atoms with E-state index >= 15 is 0 Å². The summed E-state index contributed by atoms with van der Waals surface area (Å²) in [6.07, 6.45) is 2.90. The second-order valence-electron chi connectivity index (χ2n) is 5.19. The minimum atomic E-state index is -0.0630. The largest absolute Gasteiger partial charge is 0.385 e. The van der Waals surface area contributed by atoms with Gasteiger partial charge >= 0.3 is 0 Å². The molecule has 0 aliphatic carbocycles. The summed E-state index contributed by atoms with van der Waals surface area (Å²) in [5.41, 5.74) is 4.02. The molecule has 0 atom stereocenters. The van der Waals surface area contributed by atoms with Crippen LogP contribution in [0.25, 0.3) is 0 Å². The highest BCUT2D eigenvalue weighted by atomic mass is 32.1. The summed E-state index contributed by atoms with van der Waals surface area (Å²) in [7, 11) is 0. The lowest BCUT2D eigenvalue weighted by Gasteiger charge is -2.20. The van der Waals surface area contributed by atoms with E-state index in [2.05, 4.69) is 22.5 Å². The number of benzene rings is 1. The van der Waals surface area contributed by atoms with E-state index in [4.69, 9.17) is 0 Å². The zero-order chi connectivity index (χ0) is 14.8. The Morgan fingerprint density at radius 3 is 3.10 bits per heavy atom. The smallest absolute Gasteiger partial charge is 0.257 e. The Morgan fingerprint density at radius 2 is 2.33 bits per heavy atom. The first-order valence-corrected chi connectivity index (χ1v) is 8.14. The fourth-order valence-electron chi connectivity index (χ4n) is 2.70. The summed E-state index contributed by atoms with van der Waals surface area (Å²) < 4.78 is 0. The van der Waals surface area contributed by atoms with Crippen LogP contribution in [0.5, 0.6) is 0 Å². The second kappa shape index (κ2) is 5.85. The van der Waals surface area contributed by atoms with E-state index in [1.165, 1.54) is 4.88 Å². The van der Waals surface area contributed by atoms with Crippen LogP contribution in [0.1, 0.15) is 39.8 Å². The third-order valence-corrected chi connectivity index (χ3v) is 4.72. The summed E-state index contributed by atoms with van der Waals surface area (Å²) in [5, 5.41) is 6.99. The average Bonchev–Trinajstić information content (AvgIpc) is 2.86. The number of nitrogens with one attached hydrogen (secondary N) is 2. The predicted octanol–water partition coefficient (Wildman–Crippen LogP) is 3.62. The molecule has 2 heterocycles. The number of hydrogen-bond acceptors (Lipinski definition) is 4. The minimum Gasteiger partial charge on any atom is -0.385 e. The molecule has 0 radical (unpaired) electrons. The van der Waals surface area contributed by atoms with Crippen LogP contribution in [0, 0.1) is 6.92 Å². The van der Waals surface area contributed by atoms with Crippen LogP contribution in [0.2, 0.25) is 0 Å². The Labute approximate surface area is 128 Å². The summed E-state index contributed by atoms with van der Waals surface area (Å²) >= 11 is 1.54. The Balaban J connectivity index is 1.85. The van der Waals surface area contributed by atoms with Crippen molar-refractivity contribution >= 4 is 28.1 Å². The van der Waals surface area contributed by atoms with Gasteiger partial charge in [-0.2, -0.15) is 0 Å². The first kappa shape index (κ1) is 14.1. The lowest BCUT2D eigenvalue weighted by atomic mass is 9.97. The fourth-order valence-corrected chi connectivity index (χ4v) is 3.59. The molecule has 0 unspecified atom stereocenters. The number of aromatic nitrogens is 1. The highest BCUT2D eigenvalue weighted by Gasteiger charge is 2.18. The van der Waals surface area contributed by atoms with Gasteiger partial charge in [-0.15, -0.1) is 11.3 Å². The highest BCUT2D eigenvalue weighted by molar-refractivity contribution is 7.15. The fraction of sp³-hybridized carbons (Fsp3) is 0.375. The number of hydrogen-bond donors (Lipinski definition) is 2. The third-order valence-electron chi connectivity index (χ3n) is 3.79. The van der Waals surface area contributed by atoms with Gasteiger partial charge in [-0.05, 0) is 43.9 Å². The molecule has 0 saturated heterocycles. The standard InChI is InChI=1S/C16H19N3OS/c1-3-13-10(2)21-16(18-13)19-15(20)12-6-4-8-14-11(12)7-5-9-17-14/h4,6,8,17H,3,5,7,9H2,1-2H3,(H,18,19,20). The number of aryl methyl sites for hydroxylation is 2. The molecule has 0 bridgehead atoms. The monoisotopic (exact) mass is 301 g/mol. The van der Waals surface area contributed by atoms with Crippen molar-refractivity contribution in [2.45, 2.75) is 33.1 Å². The van der Waals surface area contributed by atoms with Gasteiger partial charge in [-0.25, -0.2) is 4.98 Å². The zero-order valence-electron chi connectivity index (χ0n) is 12.3. The number of anilines is 2. The van der Waals surface area contributed by atoms with Crippen molar-refractivity contribution in [3.05, 3.63) is 39.9 Å². The van der Waals surface area contributed by atoms with E-state index in [1.54, 1.807) is 11.3 Å². The maximum absolute atomic E-state index is 12.5. The van der Waals surface area contributed by atoms with Crippen LogP contribution in [0.4, 0.5) is 10.8 Å². The molecule has 4 nitrogen and oxygen atoms in total. The van der Waals surface area contributed by atoms with Crippen LogP contribution in [-0.4, -0.2) is 17.4 Å². The van der Waals surface area contributed by atoms with Gasteiger partial charge in [-0.3, -0.25) is 10.1 Å². The molecule has 0 saturated carbocycles. The Bertz CT molecular complexity index is 678. The van der Waals surface area contributed by atoms with E-state index < -0.39 is 0 Å². The first-order chi connectivity index (χ1) is 10.2. The summed E-state index contributed by atoms with van der Waals surface area (Å²) in [6, 6.07) is 5.85. The van der Waals surface area contributed by atoms with Crippen molar-refractivity contribution in [3.8, 4) is 0 Å². The number of thiazole rings is 1. The highest BCUT2D eigenvalue weighted by Crippen LogP contribution is 2.27. The number of amides is 1. The third kappa shape index (κ3) is 2.78. The number of carbonyl (C=O) groups is 1. The molecule has 5 heteroatoms. The average molecular weight is 301 g/mol. The van der Waals surface area contributed by atoms with Crippen molar-refractivity contribution < 1.29 is 4.79 Å². The first-order valence-electron chi connectivity index (χ1n) is 7.32. The van der Waals surface area contributed by atoms with Crippen molar-refractivity contribution in [2.24, 2.45) is 0 Å². The maximum Gasteiger partial charge on any atom is 0.257 e. The van der Waals surface area contributed by atoms with Gasteiger partial charge in [0.25, 0.3) is 5.91 Å². The normalized spacial score (nSPS) is 13.4. The molecule has 1 aromatic carbocycles. The van der Waals surface area contributed by atoms with E-state index in [9.17, 15) is 4.79 Å². The van der Waals surface area contributed by atoms with E-state index in [0.717, 1.165) is 48.3 Å². The van der Waals surface area contributed by atoms with Crippen LogP contribution < -0.4 is 10.6 Å². The molecular formula is C16H19N3OS. The van der Waals surface area contributed by atoms with Crippen molar-refractivity contribution in [1.82, 2.24) is 4.98 Å². The number of fused-ring (bicyclic) bond motifs is 1. The van der Waals surface area contributed by atoms with Gasteiger partial charge in [0.1, 0.15) is 0 Å². The lowest BCUT2D eigenvalue weighted by molar-refractivity contribution is 0.102. The number of rotatable bonds is 3. The zero-order valence-corrected chi connectivity index (χ0v) is 13.1. The van der Waals surface area contributed by atoms with Crippen LogP contribution in [-0.2, 0) is 12.8 Å². The Morgan fingerprint density at radius 1 is 1.48 bits per heavy atom. The Kier molecular flexibility index (Phi) is 3.92. The van der Waals surface area contributed by atoms with Gasteiger partial charge in [0, 0.05) is 22.7 Å². The Hall–Kier alpha value is -1.88. The van der Waals surface area contributed by atoms with Crippen molar-refractivity contribution in [2.75, 3.05) is 17.2 Å². The molecular weight excluding hydrogens is 282 g/mol. The molecule has 2 aromatic rings. The molecule has 0 spiro atoms. The number of nitrogens with zero attached hydrogens (tertiary/aromatic N) is 1. The van der Waals surface area contributed by atoms with E-state index in [0.29, 0.717) is 5.13 Å². The van der Waals surface area contributed by atoms with E-state index in [1.807, 2.05) is 25.1 Å². The van der Waals surface area contributed by atoms with Crippen LogP contribution >= 0.6 is 11.3 Å². The lowest BCUT2D eigenvalue weighted by Crippen LogP contribution is -2.19. The van der Waals surface area contributed by atoms with Crippen molar-refractivity contribution in [3.63, 3.8) is 0 Å². The molecule has 110 valence electrons. The van der Waals surface area contributed by atoms with Gasteiger partial charge in [0.15, 0.2) is 5.13 Å². The molecule has 1 aliphatic rings.